The topological polar surface area (TPSA) is 61.3 Å². The number of hydrogen-bond donors (Lipinski definition) is 2. The van der Waals surface area contributed by atoms with E-state index in [1.54, 1.807) is 11.3 Å². The fourth-order valence-corrected chi connectivity index (χ4v) is 3.21. The molecule has 19 heavy (non-hydrogen) atoms. The van der Waals surface area contributed by atoms with Crippen LogP contribution >= 0.6 is 11.3 Å². The minimum absolute atomic E-state index is 0.173. The van der Waals surface area contributed by atoms with E-state index in [9.17, 15) is 5.11 Å². The van der Waals surface area contributed by atoms with Crippen molar-refractivity contribution in [3.8, 4) is 0 Å². The van der Waals surface area contributed by atoms with Crippen LogP contribution in [0.2, 0.25) is 0 Å². The number of hydrogen-bond acceptors (Lipinski definition) is 6. The van der Waals surface area contributed by atoms with Gasteiger partial charge in [-0.2, -0.15) is 0 Å². The molecule has 0 spiro atoms. The molecule has 5 nitrogen and oxygen atoms in total. The van der Waals surface area contributed by atoms with Gasteiger partial charge >= 0.3 is 0 Å². The second kappa shape index (κ2) is 7.17. The second-order valence-corrected chi connectivity index (χ2v) is 6.34. The summed E-state index contributed by atoms with van der Waals surface area (Å²) in [5, 5.41) is 23.2. The number of likely N-dealkylation sites (tertiary alicyclic amines) is 1. The molecule has 2 rings (SSSR count). The third kappa shape index (κ3) is 4.40. The number of aliphatic hydroxyl groups excluding tert-OH is 1. The van der Waals surface area contributed by atoms with Gasteiger partial charge in [0.15, 0.2) is 0 Å². The summed E-state index contributed by atoms with van der Waals surface area (Å²) in [6, 6.07) is 0. The Kier molecular flexibility index (Phi) is 5.54. The Hall–Kier alpha value is -0.720. The van der Waals surface area contributed by atoms with Crippen LogP contribution in [0.3, 0.4) is 0 Å². The van der Waals surface area contributed by atoms with E-state index in [0.717, 1.165) is 55.6 Å². The van der Waals surface area contributed by atoms with Crippen molar-refractivity contribution in [2.24, 2.45) is 5.92 Å². The van der Waals surface area contributed by atoms with Crippen molar-refractivity contribution >= 4 is 16.5 Å². The summed E-state index contributed by atoms with van der Waals surface area (Å²) in [5.74, 6) is 0.465. The lowest BCUT2D eigenvalue weighted by atomic mass is 9.92. The number of anilines is 1. The molecule has 108 valence electrons. The van der Waals surface area contributed by atoms with Crippen LogP contribution in [-0.4, -0.2) is 45.9 Å². The molecule has 6 heteroatoms. The van der Waals surface area contributed by atoms with Crippen LogP contribution in [0.4, 0.5) is 5.13 Å². The molecule has 2 N–H and O–H groups in total. The number of aromatic nitrogens is 2. The van der Waals surface area contributed by atoms with Gasteiger partial charge in [-0.05, 0) is 45.2 Å². The second-order valence-electron chi connectivity index (χ2n) is 5.28. The third-order valence-electron chi connectivity index (χ3n) is 3.67. The minimum atomic E-state index is -0.173. The van der Waals surface area contributed by atoms with Crippen LogP contribution in [0.1, 0.15) is 38.1 Å². The van der Waals surface area contributed by atoms with Gasteiger partial charge in [0.2, 0.25) is 5.13 Å². The van der Waals surface area contributed by atoms with Crippen LogP contribution in [0.15, 0.2) is 0 Å². The molecule has 0 saturated carbocycles. The summed E-state index contributed by atoms with van der Waals surface area (Å²) in [5.41, 5.74) is 0. The van der Waals surface area contributed by atoms with Gasteiger partial charge in [0.1, 0.15) is 5.01 Å². The highest BCUT2D eigenvalue weighted by Crippen LogP contribution is 2.23. The van der Waals surface area contributed by atoms with Gasteiger partial charge in [-0.15, -0.1) is 10.2 Å². The van der Waals surface area contributed by atoms with Gasteiger partial charge in [-0.3, -0.25) is 4.90 Å². The molecular formula is C13H24N4OS. The van der Waals surface area contributed by atoms with Crippen LogP contribution in [0.5, 0.6) is 0 Å². The maximum atomic E-state index is 9.59. The van der Waals surface area contributed by atoms with Crippen molar-refractivity contribution in [3.63, 3.8) is 0 Å². The van der Waals surface area contributed by atoms with Gasteiger partial charge < -0.3 is 10.4 Å². The van der Waals surface area contributed by atoms with Crippen LogP contribution < -0.4 is 5.32 Å². The molecule has 1 unspecified atom stereocenters. The number of piperidine rings is 1. The average Bonchev–Trinajstić information content (AvgIpc) is 2.84. The largest absolute Gasteiger partial charge is 0.393 e. The van der Waals surface area contributed by atoms with Crippen molar-refractivity contribution in [3.05, 3.63) is 5.01 Å². The molecule has 1 aromatic rings. The van der Waals surface area contributed by atoms with E-state index in [0.29, 0.717) is 5.92 Å². The zero-order valence-corrected chi connectivity index (χ0v) is 12.6. The summed E-state index contributed by atoms with van der Waals surface area (Å²) in [7, 11) is 0. The lowest BCUT2D eigenvalue weighted by Gasteiger charge is -2.32. The molecule has 0 amide bonds. The van der Waals surface area contributed by atoms with Crippen LogP contribution in [0.25, 0.3) is 0 Å². The fourth-order valence-electron chi connectivity index (χ4n) is 2.41. The first-order valence-electron chi connectivity index (χ1n) is 7.15. The van der Waals surface area contributed by atoms with Crippen molar-refractivity contribution < 1.29 is 5.11 Å². The van der Waals surface area contributed by atoms with Crippen LogP contribution in [-0.2, 0) is 6.54 Å². The molecule has 1 saturated heterocycles. The monoisotopic (exact) mass is 284 g/mol. The lowest BCUT2D eigenvalue weighted by Crippen LogP contribution is -2.36. The summed E-state index contributed by atoms with van der Waals surface area (Å²) in [6.45, 7) is 7.98. The van der Waals surface area contributed by atoms with E-state index in [1.807, 2.05) is 6.92 Å². The highest BCUT2D eigenvalue weighted by molar-refractivity contribution is 7.15. The molecule has 1 atom stereocenters. The average molecular weight is 284 g/mol. The van der Waals surface area contributed by atoms with E-state index in [4.69, 9.17) is 0 Å². The quantitative estimate of drug-likeness (QED) is 0.836. The first-order valence-corrected chi connectivity index (χ1v) is 7.97. The molecule has 2 heterocycles. The standard InChI is InChI=1S/C13H24N4OS/c1-3-6-14-13-16-15-12(19-13)9-17-7-4-11(5-8-17)10(2)18/h10-11,18H,3-9H2,1-2H3,(H,14,16). The highest BCUT2D eigenvalue weighted by Gasteiger charge is 2.23. The summed E-state index contributed by atoms with van der Waals surface area (Å²) in [4.78, 5) is 2.41. The predicted molar refractivity (Wildman–Crippen MR) is 78.4 cm³/mol. The Morgan fingerprint density at radius 2 is 2.16 bits per heavy atom. The predicted octanol–water partition coefficient (Wildman–Crippen LogP) is 1.95. The summed E-state index contributed by atoms with van der Waals surface area (Å²) < 4.78 is 0. The van der Waals surface area contributed by atoms with E-state index in [-0.39, 0.29) is 6.10 Å². The zero-order chi connectivity index (χ0) is 13.7. The minimum Gasteiger partial charge on any atom is -0.393 e. The van der Waals surface area contributed by atoms with Crippen molar-refractivity contribution in [2.45, 2.75) is 45.8 Å². The van der Waals surface area contributed by atoms with E-state index < -0.39 is 0 Å². The van der Waals surface area contributed by atoms with E-state index in [1.165, 1.54) is 0 Å². The molecule has 1 fully saturated rings. The van der Waals surface area contributed by atoms with Gasteiger partial charge in [0, 0.05) is 6.54 Å². The smallest absolute Gasteiger partial charge is 0.205 e. The molecule has 0 aliphatic carbocycles. The highest BCUT2D eigenvalue weighted by atomic mass is 32.1. The molecule has 1 aliphatic rings. The number of aliphatic hydroxyl groups is 1. The maximum absolute atomic E-state index is 9.59. The number of nitrogens with one attached hydrogen (secondary N) is 1. The Morgan fingerprint density at radius 1 is 1.42 bits per heavy atom. The van der Waals surface area contributed by atoms with Crippen molar-refractivity contribution in [2.75, 3.05) is 25.0 Å². The Balaban J connectivity index is 1.77. The van der Waals surface area contributed by atoms with Gasteiger partial charge in [-0.1, -0.05) is 18.3 Å². The molecular weight excluding hydrogens is 260 g/mol. The van der Waals surface area contributed by atoms with Gasteiger partial charge in [0.25, 0.3) is 0 Å². The van der Waals surface area contributed by atoms with Crippen LogP contribution in [0, 0.1) is 5.92 Å². The van der Waals surface area contributed by atoms with E-state index >= 15 is 0 Å². The van der Waals surface area contributed by atoms with Gasteiger partial charge in [0.05, 0.1) is 12.6 Å². The van der Waals surface area contributed by atoms with Crippen molar-refractivity contribution in [1.29, 1.82) is 0 Å². The summed E-state index contributed by atoms with van der Waals surface area (Å²) >= 11 is 1.65. The third-order valence-corrected chi connectivity index (χ3v) is 4.53. The first-order chi connectivity index (χ1) is 9.19. The molecule has 0 bridgehead atoms. The molecule has 1 aromatic heterocycles. The SMILES string of the molecule is CCCNc1nnc(CN2CCC(C(C)O)CC2)s1. The number of nitrogens with zero attached hydrogens (tertiary/aromatic N) is 3. The number of rotatable bonds is 6. The molecule has 0 aromatic carbocycles. The Morgan fingerprint density at radius 3 is 2.79 bits per heavy atom. The van der Waals surface area contributed by atoms with Crippen molar-refractivity contribution in [1.82, 2.24) is 15.1 Å². The Bertz CT molecular complexity index is 374. The van der Waals surface area contributed by atoms with E-state index in [2.05, 4.69) is 27.3 Å². The molecule has 0 radical (unpaired) electrons. The first kappa shape index (κ1) is 14.7. The summed E-state index contributed by atoms with van der Waals surface area (Å²) in [6.07, 6.45) is 3.09. The normalized spacial score (nSPS) is 19.5. The lowest BCUT2D eigenvalue weighted by molar-refractivity contribution is 0.0694. The maximum Gasteiger partial charge on any atom is 0.205 e. The fraction of sp³-hybridized carbons (Fsp3) is 0.846. The zero-order valence-electron chi connectivity index (χ0n) is 11.8. The Labute approximate surface area is 119 Å². The van der Waals surface area contributed by atoms with Gasteiger partial charge in [-0.25, -0.2) is 0 Å². The molecule has 1 aliphatic heterocycles.